The number of hydrogen-bond donors (Lipinski definition) is 0. The molecule has 0 radical (unpaired) electrons. The second-order valence-electron chi connectivity index (χ2n) is 6.22. The molecule has 0 aromatic heterocycles. The maximum absolute atomic E-state index is 2.19. The number of aryl methyl sites for hydroxylation is 1. The number of hydrogen-bond acceptors (Lipinski definition) is 0. The van der Waals surface area contributed by atoms with E-state index in [0.29, 0.717) is 0 Å². The van der Waals surface area contributed by atoms with E-state index in [1.165, 1.54) is 40.7 Å². The molecule has 0 N–H and O–H groups in total. The summed E-state index contributed by atoms with van der Waals surface area (Å²) < 4.78 is 0. The van der Waals surface area contributed by atoms with E-state index in [2.05, 4.69) is 107 Å². The zero-order valence-corrected chi connectivity index (χ0v) is 16.4. The average molecular weight is 333 g/mol. The Kier molecular flexibility index (Phi) is 10.0. The van der Waals surface area contributed by atoms with Crippen molar-refractivity contribution in [3.63, 3.8) is 0 Å². The van der Waals surface area contributed by atoms with Gasteiger partial charge in [0.15, 0.2) is 0 Å². The molecule has 0 aliphatic rings. The van der Waals surface area contributed by atoms with Crippen LogP contribution in [0.4, 0.5) is 0 Å². The van der Waals surface area contributed by atoms with E-state index in [4.69, 9.17) is 0 Å². The van der Waals surface area contributed by atoms with E-state index in [-0.39, 0.29) is 0 Å². The van der Waals surface area contributed by atoms with Crippen LogP contribution in [0.25, 0.3) is 22.3 Å². The van der Waals surface area contributed by atoms with E-state index < -0.39 is 0 Å². The minimum atomic E-state index is 1.25. The first-order chi connectivity index (χ1) is 12.2. The quantitative estimate of drug-likeness (QED) is 0.444. The summed E-state index contributed by atoms with van der Waals surface area (Å²) in [5.74, 6) is 0. The molecule has 0 aliphatic heterocycles. The third-order valence-electron chi connectivity index (χ3n) is 3.38. The van der Waals surface area contributed by atoms with Crippen LogP contribution in [0.1, 0.15) is 46.1 Å². The molecule has 0 atom stereocenters. The second-order valence-corrected chi connectivity index (χ2v) is 6.22. The highest BCUT2D eigenvalue weighted by atomic mass is 14.0. The lowest BCUT2D eigenvalue weighted by Crippen LogP contribution is -1.80. The molecule has 3 aromatic carbocycles. The molecule has 3 aromatic rings. The normalized spacial score (nSPS) is 9.32. The summed E-state index contributed by atoms with van der Waals surface area (Å²) in [7, 11) is 0. The molecule has 0 heteroatoms. The molecule has 0 saturated carbocycles. The van der Waals surface area contributed by atoms with E-state index in [1.807, 2.05) is 6.07 Å². The minimum Gasteiger partial charge on any atom is -0.0656 e. The predicted molar refractivity (Wildman–Crippen MR) is 114 cm³/mol. The van der Waals surface area contributed by atoms with Gasteiger partial charge in [-0.3, -0.25) is 0 Å². The van der Waals surface area contributed by atoms with Crippen molar-refractivity contribution < 1.29 is 0 Å². The van der Waals surface area contributed by atoms with Crippen molar-refractivity contribution in [2.45, 2.75) is 47.5 Å². The summed E-state index contributed by atoms with van der Waals surface area (Å²) in [6.45, 7) is 10.6. The molecular weight excluding hydrogens is 300 g/mol. The molecule has 3 rings (SSSR count). The van der Waals surface area contributed by atoms with Crippen molar-refractivity contribution in [2.24, 2.45) is 0 Å². The van der Waals surface area contributed by atoms with Crippen molar-refractivity contribution in [1.82, 2.24) is 0 Å². The first kappa shape index (κ1) is 20.7. The van der Waals surface area contributed by atoms with Crippen LogP contribution in [0.15, 0.2) is 78.9 Å². The van der Waals surface area contributed by atoms with Crippen LogP contribution < -0.4 is 0 Å². The molecule has 0 unspecified atom stereocenters. The lowest BCUT2D eigenvalue weighted by molar-refractivity contribution is 1.09. The van der Waals surface area contributed by atoms with Crippen molar-refractivity contribution in [3.05, 3.63) is 84.4 Å². The Labute approximate surface area is 154 Å². The topological polar surface area (TPSA) is 0 Å². The second kappa shape index (κ2) is 12.1. The molecule has 132 valence electrons. The van der Waals surface area contributed by atoms with Gasteiger partial charge >= 0.3 is 0 Å². The highest BCUT2D eigenvalue weighted by Crippen LogP contribution is 2.24. The van der Waals surface area contributed by atoms with Gasteiger partial charge in [0, 0.05) is 0 Å². The Morgan fingerprint density at radius 2 is 0.720 bits per heavy atom. The van der Waals surface area contributed by atoms with Crippen molar-refractivity contribution >= 4 is 0 Å². The van der Waals surface area contributed by atoms with Crippen molar-refractivity contribution in [1.29, 1.82) is 0 Å². The SMILES string of the molecule is CCC.CCC.Cc1ccc(-c2ccc(-c3ccccc3)cc2)cc1. The predicted octanol–water partition coefficient (Wildman–Crippen LogP) is 8.16. The van der Waals surface area contributed by atoms with Crippen LogP contribution in [-0.4, -0.2) is 0 Å². The monoisotopic (exact) mass is 332 g/mol. The van der Waals surface area contributed by atoms with E-state index in [0.717, 1.165) is 0 Å². The molecule has 0 fully saturated rings. The standard InChI is InChI=1S/C19H16.2C3H8/c1-15-7-9-17(10-8-15)19-13-11-18(12-14-19)16-5-3-2-4-6-16;2*1-3-2/h2-14H,1H3;2*3H2,1-2H3. The third kappa shape index (κ3) is 7.39. The first-order valence-electron chi connectivity index (χ1n) is 9.38. The van der Waals surface area contributed by atoms with Gasteiger partial charge in [0.25, 0.3) is 0 Å². The van der Waals surface area contributed by atoms with Gasteiger partial charge in [-0.15, -0.1) is 0 Å². The van der Waals surface area contributed by atoms with Crippen molar-refractivity contribution in [2.75, 3.05) is 0 Å². The molecule has 0 nitrogen and oxygen atoms in total. The summed E-state index contributed by atoms with van der Waals surface area (Å²) >= 11 is 0. The fourth-order valence-electron chi connectivity index (χ4n) is 2.23. The summed E-state index contributed by atoms with van der Waals surface area (Å²) in [6.07, 6.45) is 2.50. The Balaban J connectivity index is 0.000000460. The van der Waals surface area contributed by atoms with Gasteiger partial charge in [0.05, 0.1) is 0 Å². The lowest BCUT2D eigenvalue weighted by atomic mass is 10.00. The van der Waals surface area contributed by atoms with Gasteiger partial charge in [0.2, 0.25) is 0 Å². The molecule has 0 bridgehead atoms. The lowest BCUT2D eigenvalue weighted by Gasteiger charge is -2.05. The fraction of sp³-hybridized carbons (Fsp3) is 0.280. The van der Waals surface area contributed by atoms with Gasteiger partial charge in [-0.1, -0.05) is 125 Å². The Morgan fingerprint density at radius 3 is 1.08 bits per heavy atom. The van der Waals surface area contributed by atoms with Crippen LogP contribution in [-0.2, 0) is 0 Å². The third-order valence-corrected chi connectivity index (χ3v) is 3.38. The number of rotatable bonds is 2. The Hall–Kier alpha value is -2.34. The number of benzene rings is 3. The Bertz CT molecular complexity index is 674. The van der Waals surface area contributed by atoms with Crippen LogP contribution in [0, 0.1) is 6.92 Å². The molecular formula is C25H32. The minimum absolute atomic E-state index is 1.25. The largest absolute Gasteiger partial charge is 0.0656 e. The highest BCUT2D eigenvalue weighted by Gasteiger charge is 1.99. The van der Waals surface area contributed by atoms with E-state index in [9.17, 15) is 0 Å². The van der Waals surface area contributed by atoms with Crippen LogP contribution >= 0.6 is 0 Å². The van der Waals surface area contributed by atoms with Crippen LogP contribution in [0.3, 0.4) is 0 Å². The van der Waals surface area contributed by atoms with Gasteiger partial charge in [-0.05, 0) is 29.2 Å². The van der Waals surface area contributed by atoms with Crippen LogP contribution in [0.2, 0.25) is 0 Å². The Morgan fingerprint density at radius 1 is 0.440 bits per heavy atom. The van der Waals surface area contributed by atoms with Crippen LogP contribution in [0.5, 0.6) is 0 Å². The van der Waals surface area contributed by atoms with Gasteiger partial charge in [-0.25, -0.2) is 0 Å². The van der Waals surface area contributed by atoms with Gasteiger partial charge in [0.1, 0.15) is 0 Å². The summed E-state index contributed by atoms with van der Waals surface area (Å²) in [5, 5.41) is 0. The van der Waals surface area contributed by atoms with Crippen molar-refractivity contribution in [3.8, 4) is 22.3 Å². The molecule has 0 spiro atoms. The molecule has 0 saturated heterocycles. The zero-order chi connectivity index (χ0) is 18.5. The summed E-state index contributed by atoms with van der Waals surface area (Å²) in [4.78, 5) is 0. The smallest absolute Gasteiger partial charge is 0.0184 e. The van der Waals surface area contributed by atoms with E-state index >= 15 is 0 Å². The highest BCUT2D eigenvalue weighted by molar-refractivity contribution is 5.70. The molecule has 25 heavy (non-hydrogen) atoms. The average Bonchev–Trinajstić information content (AvgIpc) is 2.65. The first-order valence-corrected chi connectivity index (χ1v) is 9.38. The summed E-state index contributed by atoms with van der Waals surface area (Å²) in [5.41, 5.74) is 6.35. The van der Waals surface area contributed by atoms with Gasteiger partial charge in [-0.2, -0.15) is 0 Å². The maximum Gasteiger partial charge on any atom is -0.0184 e. The zero-order valence-electron chi connectivity index (χ0n) is 16.4. The molecule has 0 aliphatic carbocycles. The maximum atomic E-state index is 2.19. The molecule has 0 amide bonds. The summed E-state index contributed by atoms with van der Waals surface area (Å²) in [6, 6.07) is 27.9. The van der Waals surface area contributed by atoms with Gasteiger partial charge < -0.3 is 0 Å². The fourth-order valence-corrected chi connectivity index (χ4v) is 2.23. The van der Waals surface area contributed by atoms with E-state index in [1.54, 1.807) is 0 Å². The molecule has 0 heterocycles.